The molecule has 7 nitrogen and oxygen atoms in total. The fraction of sp³-hybridized carbons (Fsp3) is 0.417. The Morgan fingerprint density at radius 1 is 0.968 bits per heavy atom. The first-order chi connectivity index (χ1) is 15.0. The molecule has 0 spiro atoms. The number of hydrogen-bond donors (Lipinski definition) is 2. The van der Waals surface area contributed by atoms with Crippen LogP contribution >= 0.6 is 0 Å². The van der Waals surface area contributed by atoms with Crippen molar-refractivity contribution in [3.05, 3.63) is 54.1 Å². The zero-order valence-corrected chi connectivity index (χ0v) is 17.7. The molecule has 2 aromatic rings. The summed E-state index contributed by atoms with van der Waals surface area (Å²) in [4.78, 5) is 23.2. The Morgan fingerprint density at radius 2 is 1.52 bits per heavy atom. The van der Waals surface area contributed by atoms with Crippen LogP contribution in [0.25, 0.3) is 0 Å². The van der Waals surface area contributed by atoms with Crippen LogP contribution in [-0.2, 0) is 20.7 Å². The molecular formula is C24H29NO6. The number of carboxylic acid groups (broad SMARTS) is 1. The molecule has 0 bridgehead atoms. The lowest BCUT2D eigenvalue weighted by atomic mass is 10.1. The number of amides is 1. The number of benzene rings is 2. The van der Waals surface area contributed by atoms with Crippen LogP contribution in [0.15, 0.2) is 48.5 Å². The number of carboxylic acids is 1. The number of carbonyl (C=O) groups is 2. The Morgan fingerprint density at radius 3 is 2.03 bits per heavy atom. The zero-order chi connectivity index (χ0) is 22.1. The number of carbonyl (C=O) groups excluding carboxylic acids is 1. The molecule has 2 N–H and O–H groups in total. The van der Waals surface area contributed by atoms with E-state index in [2.05, 4.69) is 5.32 Å². The highest BCUT2D eigenvalue weighted by Gasteiger charge is 2.22. The van der Waals surface area contributed by atoms with Crippen LogP contribution in [0, 0.1) is 5.92 Å². The monoisotopic (exact) mass is 427 g/mol. The molecule has 0 radical (unpaired) electrons. The highest BCUT2D eigenvalue weighted by atomic mass is 16.5. The van der Waals surface area contributed by atoms with Gasteiger partial charge in [0.25, 0.3) is 0 Å². The molecule has 0 aliphatic heterocycles. The minimum absolute atomic E-state index is 0.103. The molecule has 1 saturated carbocycles. The van der Waals surface area contributed by atoms with Gasteiger partial charge in [0.1, 0.15) is 24.7 Å². The van der Waals surface area contributed by atoms with Crippen molar-refractivity contribution >= 4 is 17.6 Å². The highest BCUT2D eigenvalue weighted by Crippen LogP contribution is 2.26. The lowest BCUT2D eigenvalue weighted by Crippen LogP contribution is -2.24. The molecule has 1 amide bonds. The first-order valence-electron chi connectivity index (χ1n) is 10.6. The summed E-state index contributed by atoms with van der Waals surface area (Å²) in [6.07, 6.45) is 3.67. The molecular weight excluding hydrogens is 398 g/mol. The van der Waals surface area contributed by atoms with Gasteiger partial charge in [0.2, 0.25) is 5.91 Å². The maximum absolute atomic E-state index is 12.2. The van der Waals surface area contributed by atoms with Gasteiger partial charge in [-0.15, -0.1) is 0 Å². The molecule has 7 heteroatoms. The lowest BCUT2D eigenvalue weighted by molar-refractivity contribution is -0.148. The van der Waals surface area contributed by atoms with Crippen molar-refractivity contribution in [3.8, 4) is 11.5 Å². The van der Waals surface area contributed by atoms with Gasteiger partial charge in [0, 0.05) is 25.1 Å². The molecule has 1 atom stereocenters. The summed E-state index contributed by atoms with van der Waals surface area (Å²) >= 11 is 0. The van der Waals surface area contributed by atoms with Crippen molar-refractivity contribution in [3.63, 3.8) is 0 Å². The first kappa shape index (κ1) is 22.6. The molecule has 0 aromatic heterocycles. The third-order valence-corrected chi connectivity index (χ3v) is 5.37. The number of aliphatic carboxylic acids is 1. The van der Waals surface area contributed by atoms with Crippen LogP contribution in [0.4, 0.5) is 5.69 Å². The van der Waals surface area contributed by atoms with Crippen molar-refractivity contribution in [2.24, 2.45) is 5.92 Å². The Bertz CT molecular complexity index is 843. The number of ether oxygens (including phenoxy) is 3. The quantitative estimate of drug-likeness (QED) is 0.528. The van der Waals surface area contributed by atoms with Gasteiger partial charge in [-0.3, -0.25) is 4.79 Å². The summed E-state index contributed by atoms with van der Waals surface area (Å²) in [6.45, 7) is 0.746. The van der Waals surface area contributed by atoms with E-state index in [1.807, 2.05) is 36.4 Å². The minimum Gasteiger partial charge on any atom is -0.490 e. The maximum Gasteiger partial charge on any atom is 0.333 e. The number of rotatable bonds is 11. The Hall–Kier alpha value is -3.06. The number of hydrogen-bond acceptors (Lipinski definition) is 5. The average molecular weight is 427 g/mol. The van der Waals surface area contributed by atoms with Gasteiger partial charge >= 0.3 is 5.97 Å². The molecule has 0 unspecified atom stereocenters. The van der Waals surface area contributed by atoms with Gasteiger partial charge in [-0.25, -0.2) is 4.79 Å². The molecule has 1 aliphatic rings. The van der Waals surface area contributed by atoms with Crippen molar-refractivity contribution in [1.82, 2.24) is 0 Å². The molecule has 166 valence electrons. The SMILES string of the molecule is CO[C@@H](Cc1ccc(OCCOc2ccc(NC(=O)C3CCCC3)cc2)cc1)C(=O)O. The van der Waals surface area contributed by atoms with Gasteiger partial charge in [-0.2, -0.15) is 0 Å². The molecule has 0 heterocycles. The van der Waals surface area contributed by atoms with Crippen molar-refractivity contribution in [2.75, 3.05) is 25.6 Å². The smallest absolute Gasteiger partial charge is 0.333 e. The van der Waals surface area contributed by atoms with E-state index < -0.39 is 12.1 Å². The molecule has 3 rings (SSSR count). The number of methoxy groups -OCH3 is 1. The predicted octanol–water partition coefficient (Wildman–Crippen LogP) is 3.92. The number of nitrogens with one attached hydrogen (secondary N) is 1. The summed E-state index contributed by atoms with van der Waals surface area (Å²) in [5.74, 6) is 0.648. The van der Waals surface area contributed by atoms with E-state index >= 15 is 0 Å². The van der Waals surface area contributed by atoms with Crippen LogP contribution in [0.3, 0.4) is 0 Å². The largest absolute Gasteiger partial charge is 0.490 e. The second-order valence-electron chi connectivity index (χ2n) is 7.60. The minimum atomic E-state index is -0.982. The van der Waals surface area contributed by atoms with E-state index in [0.717, 1.165) is 36.9 Å². The second kappa shape index (κ2) is 11.4. The van der Waals surface area contributed by atoms with Crippen LogP contribution in [0.1, 0.15) is 31.2 Å². The van der Waals surface area contributed by atoms with Crippen LogP contribution in [0.5, 0.6) is 11.5 Å². The van der Waals surface area contributed by atoms with Gasteiger partial charge < -0.3 is 24.6 Å². The summed E-state index contributed by atoms with van der Waals surface area (Å²) in [5, 5.41) is 12.0. The van der Waals surface area contributed by atoms with Crippen molar-refractivity contribution in [1.29, 1.82) is 0 Å². The first-order valence-corrected chi connectivity index (χ1v) is 10.6. The standard InChI is InChI=1S/C24H29NO6/c1-29-22(24(27)28)16-17-6-10-20(11-7-17)30-14-15-31-21-12-8-19(9-13-21)25-23(26)18-4-2-3-5-18/h6-13,18,22H,2-5,14-16H2,1H3,(H,25,26)(H,27,28)/t22-/m0/s1. The van der Waals surface area contributed by atoms with E-state index in [0.29, 0.717) is 31.1 Å². The molecule has 0 saturated heterocycles. The third kappa shape index (κ3) is 7.00. The van der Waals surface area contributed by atoms with E-state index in [-0.39, 0.29) is 11.8 Å². The van der Waals surface area contributed by atoms with E-state index in [4.69, 9.17) is 19.3 Å². The fourth-order valence-corrected chi connectivity index (χ4v) is 3.59. The van der Waals surface area contributed by atoms with Crippen LogP contribution < -0.4 is 14.8 Å². The van der Waals surface area contributed by atoms with Gasteiger partial charge in [-0.05, 0) is 54.8 Å². The Balaban J connectivity index is 1.37. The third-order valence-electron chi connectivity index (χ3n) is 5.37. The van der Waals surface area contributed by atoms with E-state index in [1.165, 1.54) is 7.11 Å². The summed E-state index contributed by atoms with van der Waals surface area (Å²) in [7, 11) is 1.39. The summed E-state index contributed by atoms with van der Waals surface area (Å²) in [5.41, 5.74) is 1.64. The maximum atomic E-state index is 12.2. The normalized spacial score (nSPS) is 14.7. The molecule has 1 aliphatic carbocycles. The van der Waals surface area contributed by atoms with Crippen molar-refractivity contribution < 1.29 is 28.9 Å². The Kier molecular flexibility index (Phi) is 8.29. The van der Waals surface area contributed by atoms with Crippen molar-refractivity contribution in [2.45, 2.75) is 38.2 Å². The highest BCUT2D eigenvalue weighted by molar-refractivity contribution is 5.92. The predicted molar refractivity (Wildman–Crippen MR) is 117 cm³/mol. The molecule has 1 fully saturated rings. The second-order valence-corrected chi connectivity index (χ2v) is 7.60. The fourth-order valence-electron chi connectivity index (χ4n) is 3.59. The topological polar surface area (TPSA) is 94.1 Å². The Labute approximate surface area is 182 Å². The zero-order valence-electron chi connectivity index (χ0n) is 17.7. The van der Waals surface area contributed by atoms with Gasteiger partial charge in [-0.1, -0.05) is 25.0 Å². The lowest BCUT2D eigenvalue weighted by Gasteiger charge is -2.12. The summed E-state index contributed by atoms with van der Waals surface area (Å²) < 4.78 is 16.3. The van der Waals surface area contributed by atoms with E-state index in [1.54, 1.807) is 12.1 Å². The van der Waals surface area contributed by atoms with Crippen LogP contribution in [0.2, 0.25) is 0 Å². The van der Waals surface area contributed by atoms with Gasteiger partial charge in [0.05, 0.1) is 0 Å². The molecule has 2 aromatic carbocycles. The molecule has 31 heavy (non-hydrogen) atoms. The van der Waals surface area contributed by atoms with Crippen LogP contribution in [-0.4, -0.2) is 43.4 Å². The van der Waals surface area contributed by atoms with E-state index in [9.17, 15) is 9.59 Å². The number of anilines is 1. The average Bonchev–Trinajstić information content (AvgIpc) is 3.32. The van der Waals surface area contributed by atoms with Gasteiger partial charge in [0.15, 0.2) is 6.10 Å². The summed E-state index contributed by atoms with van der Waals surface area (Å²) in [6, 6.07) is 14.6.